The molecule has 3 aromatic carbocycles. The number of ketones is 1. The van der Waals surface area contributed by atoms with Gasteiger partial charge in [0.1, 0.15) is 5.56 Å². The summed E-state index contributed by atoms with van der Waals surface area (Å²) >= 11 is 0. The van der Waals surface area contributed by atoms with E-state index in [-0.39, 0.29) is 23.9 Å². The van der Waals surface area contributed by atoms with Gasteiger partial charge in [0.2, 0.25) is 0 Å². The Hall–Kier alpha value is -4.19. The van der Waals surface area contributed by atoms with E-state index in [1.807, 2.05) is 86.6 Å². The zero-order chi connectivity index (χ0) is 27.8. The molecule has 4 aromatic rings. The molecule has 0 saturated carbocycles. The van der Waals surface area contributed by atoms with Gasteiger partial charge in [0, 0.05) is 17.7 Å². The van der Waals surface area contributed by atoms with Gasteiger partial charge in [-0.3, -0.25) is 19.5 Å². The summed E-state index contributed by atoms with van der Waals surface area (Å²) < 4.78 is 1.39. The predicted octanol–water partition coefficient (Wildman–Crippen LogP) is 6.55. The molecule has 1 aromatic heterocycles. The number of amides is 1. The van der Waals surface area contributed by atoms with Gasteiger partial charge < -0.3 is 4.90 Å². The Balaban J connectivity index is 1.65. The van der Waals surface area contributed by atoms with Gasteiger partial charge in [0.05, 0.1) is 17.9 Å². The van der Waals surface area contributed by atoms with E-state index in [1.165, 1.54) is 16.7 Å². The lowest BCUT2D eigenvalue weighted by Gasteiger charge is -2.24. The van der Waals surface area contributed by atoms with E-state index in [1.54, 1.807) is 17.0 Å². The van der Waals surface area contributed by atoms with E-state index in [9.17, 15) is 14.4 Å². The molecule has 39 heavy (non-hydrogen) atoms. The van der Waals surface area contributed by atoms with Crippen molar-refractivity contribution in [1.29, 1.82) is 0 Å². The number of benzene rings is 3. The Morgan fingerprint density at radius 3 is 2.13 bits per heavy atom. The van der Waals surface area contributed by atoms with E-state index in [4.69, 9.17) is 0 Å². The minimum Gasteiger partial charge on any atom is -0.331 e. The van der Waals surface area contributed by atoms with Crippen LogP contribution in [0.25, 0.3) is 16.9 Å². The number of aromatic nitrogens is 2. The summed E-state index contributed by atoms with van der Waals surface area (Å²) in [6, 6.07) is 26.2. The topological polar surface area (TPSA) is 75.2 Å². The number of aryl methyl sites for hydroxylation is 1. The van der Waals surface area contributed by atoms with E-state index in [2.05, 4.69) is 12.0 Å². The SMILES string of the molecule is CCCCCc1ccc(C(=O)N(CC(=O)c2c(-c3ccccc3)[nH]n(-c3ccccc3)c2=O)CC(C)C)cc1. The Morgan fingerprint density at radius 2 is 1.51 bits per heavy atom. The largest absolute Gasteiger partial charge is 0.331 e. The summed E-state index contributed by atoms with van der Waals surface area (Å²) in [7, 11) is 0. The third-order valence-electron chi connectivity index (χ3n) is 6.72. The molecule has 0 aliphatic rings. The van der Waals surface area contributed by atoms with Crippen LogP contribution < -0.4 is 5.56 Å². The normalized spacial score (nSPS) is 11.1. The number of unbranched alkanes of at least 4 members (excludes halogenated alkanes) is 2. The summed E-state index contributed by atoms with van der Waals surface area (Å²) in [6.45, 7) is 6.42. The highest BCUT2D eigenvalue weighted by Crippen LogP contribution is 2.22. The molecule has 0 saturated heterocycles. The van der Waals surface area contributed by atoms with Crippen molar-refractivity contribution >= 4 is 11.7 Å². The van der Waals surface area contributed by atoms with Gasteiger partial charge in [0.25, 0.3) is 11.5 Å². The molecule has 0 unspecified atom stereocenters. The first-order valence-corrected chi connectivity index (χ1v) is 13.8. The van der Waals surface area contributed by atoms with E-state index >= 15 is 0 Å². The lowest BCUT2D eigenvalue weighted by atomic mass is 10.0. The Morgan fingerprint density at radius 1 is 0.872 bits per heavy atom. The summed E-state index contributed by atoms with van der Waals surface area (Å²) in [6.07, 6.45) is 4.46. The van der Waals surface area contributed by atoms with Gasteiger partial charge in [-0.05, 0) is 48.6 Å². The molecule has 0 bridgehead atoms. The van der Waals surface area contributed by atoms with Crippen LogP contribution in [0.5, 0.6) is 0 Å². The fourth-order valence-corrected chi connectivity index (χ4v) is 4.76. The molecule has 1 N–H and O–H groups in total. The molecule has 1 heterocycles. The quantitative estimate of drug-likeness (QED) is 0.169. The number of hydrogen-bond acceptors (Lipinski definition) is 3. The predicted molar refractivity (Wildman–Crippen MR) is 157 cm³/mol. The molecule has 0 aliphatic heterocycles. The third kappa shape index (κ3) is 6.82. The van der Waals surface area contributed by atoms with Crippen LogP contribution in [0.2, 0.25) is 0 Å². The maximum Gasteiger partial charge on any atom is 0.282 e. The molecular formula is C33H37N3O3. The molecule has 1 amide bonds. The standard InChI is InChI=1S/C33H37N3O3/c1-4-5-8-13-25-18-20-27(21-19-25)32(38)35(22-24(2)3)23-29(37)30-31(26-14-9-6-10-15-26)34-36(33(30)39)28-16-11-7-12-17-28/h6-7,9-12,14-21,24,34H,4-5,8,13,22-23H2,1-3H3. The van der Waals surface area contributed by atoms with Crippen LogP contribution in [-0.2, 0) is 6.42 Å². The van der Waals surface area contributed by atoms with E-state index < -0.39 is 11.3 Å². The van der Waals surface area contributed by atoms with Crippen molar-refractivity contribution in [2.75, 3.05) is 13.1 Å². The highest BCUT2D eigenvalue weighted by molar-refractivity contribution is 6.05. The molecule has 4 rings (SSSR count). The number of nitrogens with one attached hydrogen (secondary N) is 1. The molecule has 0 spiro atoms. The molecule has 6 nitrogen and oxygen atoms in total. The Labute approximate surface area is 230 Å². The number of para-hydroxylation sites is 1. The Bertz CT molecular complexity index is 1440. The summed E-state index contributed by atoms with van der Waals surface area (Å²) in [5.41, 5.74) is 3.18. The van der Waals surface area contributed by atoms with Crippen LogP contribution in [0.1, 0.15) is 66.3 Å². The second kappa shape index (κ2) is 13.1. The Kier molecular flexibility index (Phi) is 9.31. The van der Waals surface area contributed by atoms with Crippen LogP contribution in [0, 0.1) is 5.92 Å². The maximum absolute atomic E-state index is 13.8. The van der Waals surface area contributed by atoms with E-state index in [0.717, 1.165) is 24.8 Å². The molecule has 202 valence electrons. The third-order valence-corrected chi connectivity index (χ3v) is 6.72. The summed E-state index contributed by atoms with van der Waals surface area (Å²) in [4.78, 5) is 42.5. The van der Waals surface area contributed by atoms with Gasteiger partial charge in [-0.25, -0.2) is 4.68 Å². The van der Waals surface area contributed by atoms with Gasteiger partial charge in [-0.2, -0.15) is 0 Å². The first-order chi connectivity index (χ1) is 18.9. The summed E-state index contributed by atoms with van der Waals surface area (Å²) in [5, 5.41) is 3.15. The van der Waals surface area contributed by atoms with Crippen LogP contribution in [0.3, 0.4) is 0 Å². The minimum absolute atomic E-state index is 0.0536. The zero-order valence-electron chi connectivity index (χ0n) is 23.0. The highest BCUT2D eigenvalue weighted by Gasteiger charge is 2.27. The highest BCUT2D eigenvalue weighted by atomic mass is 16.2. The average molecular weight is 524 g/mol. The number of Topliss-reactive ketones (excluding diaryl/α,β-unsaturated/α-hetero) is 1. The molecule has 0 fully saturated rings. The molecule has 0 aliphatic carbocycles. The second-order valence-electron chi connectivity index (χ2n) is 10.4. The van der Waals surface area contributed by atoms with Crippen LogP contribution in [0.4, 0.5) is 0 Å². The molecule has 6 heteroatoms. The van der Waals surface area contributed by atoms with Crippen molar-refractivity contribution in [1.82, 2.24) is 14.7 Å². The molecule has 0 atom stereocenters. The van der Waals surface area contributed by atoms with Crippen molar-refractivity contribution in [2.45, 2.75) is 46.5 Å². The van der Waals surface area contributed by atoms with Crippen molar-refractivity contribution in [2.24, 2.45) is 5.92 Å². The van der Waals surface area contributed by atoms with Gasteiger partial charge in [-0.1, -0.05) is 94.3 Å². The molecule has 0 radical (unpaired) electrons. The second-order valence-corrected chi connectivity index (χ2v) is 10.4. The number of H-pyrrole nitrogens is 1. The van der Waals surface area contributed by atoms with E-state index in [0.29, 0.717) is 23.5 Å². The van der Waals surface area contributed by atoms with Crippen LogP contribution >= 0.6 is 0 Å². The van der Waals surface area contributed by atoms with Gasteiger partial charge in [0.15, 0.2) is 5.78 Å². The average Bonchev–Trinajstić information content (AvgIpc) is 3.30. The van der Waals surface area contributed by atoms with Crippen molar-refractivity contribution in [3.8, 4) is 16.9 Å². The summed E-state index contributed by atoms with van der Waals surface area (Å²) in [5.74, 6) is -0.455. The number of rotatable bonds is 12. The number of aromatic amines is 1. The van der Waals surface area contributed by atoms with Crippen molar-refractivity contribution < 1.29 is 9.59 Å². The van der Waals surface area contributed by atoms with Crippen molar-refractivity contribution in [3.63, 3.8) is 0 Å². The first kappa shape index (κ1) is 27.8. The number of nitrogens with zero attached hydrogens (tertiary/aromatic N) is 2. The first-order valence-electron chi connectivity index (χ1n) is 13.8. The van der Waals surface area contributed by atoms with Gasteiger partial charge in [-0.15, -0.1) is 0 Å². The molecular weight excluding hydrogens is 486 g/mol. The maximum atomic E-state index is 13.8. The van der Waals surface area contributed by atoms with Crippen LogP contribution in [0.15, 0.2) is 89.7 Å². The smallest absolute Gasteiger partial charge is 0.282 e. The van der Waals surface area contributed by atoms with Crippen LogP contribution in [-0.4, -0.2) is 39.5 Å². The lowest BCUT2D eigenvalue weighted by Crippen LogP contribution is -2.39. The number of carbonyl (C=O) groups excluding carboxylic acids is 2. The monoisotopic (exact) mass is 523 g/mol. The lowest BCUT2D eigenvalue weighted by molar-refractivity contribution is 0.0691. The fourth-order valence-electron chi connectivity index (χ4n) is 4.76. The number of carbonyl (C=O) groups is 2. The fraction of sp³-hybridized carbons (Fsp3) is 0.303. The van der Waals surface area contributed by atoms with Gasteiger partial charge >= 0.3 is 0 Å². The van der Waals surface area contributed by atoms with Crippen molar-refractivity contribution in [3.05, 3.63) is 112 Å². The minimum atomic E-state index is -0.432. The zero-order valence-corrected chi connectivity index (χ0v) is 23.0. The number of hydrogen-bond donors (Lipinski definition) is 1.